The zero-order valence-electron chi connectivity index (χ0n) is 19.8. The Morgan fingerprint density at radius 1 is 0.882 bits per heavy atom. The number of nitrogens with zero attached hydrogens (tertiary/aromatic N) is 1. The van der Waals surface area contributed by atoms with Gasteiger partial charge in [0.25, 0.3) is 21.8 Å². The summed E-state index contributed by atoms with van der Waals surface area (Å²) < 4.78 is 28.7. The first kappa shape index (κ1) is 25.0. The highest BCUT2D eigenvalue weighted by Gasteiger charge is 2.21. The molecule has 0 spiro atoms. The standard InChI is InChI=1S/C26H29N3O4S/c1-5-29(6-2)26(31)20-10-9-11-21(17-20)27-25(30)22-12-7-8-13-23(22)28-34(32,33)24-16-18(3)14-15-19(24)4/h7-17,28H,5-6H2,1-4H3,(H,27,30). The molecule has 0 aliphatic heterocycles. The zero-order chi connectivity index (χ0) is 24.9. The Morgan fingerprint density at radius 3 is 2.29 bits per heavy atom. The molecule has 0 heterocycles. The van der Waals surface area contributed by atoms with Gasteiger partial charge in [-0.1, -0.05) is 30.3 Å². The number of para-hydroxylation sites is 1. The Bertz CT molecular complexity index is 1320. The van der Waals surface area contributed by atoms with E-state index >= 15 is 0 Å². The first-order valence-corrected chi connectivity index (χ1v) is 12.5. The zero-order valence-corrected chi connectivity index (χ0v) is 20.6. The van der Waals surface area contributed by atoms with Crippen molar-refractivity contribution in [3.63, 3.8) is 0 Å². The van der Waals surface area contributed by atoms with Gasteiger partial charge in [-0.15, -0.1) is 0 Å². The summed E-state index contributed by atoms with van der Waals surface area (Å²) in [5, 5.41) is 2.77. The average molecular weight is 480 g/mol. The van der Waals surface area contributed by atoms with Crippen molar-refractivity contribution < 1.29 is 18.0 Å². The van der Waals surface area contributed by atoms with Crippen LogP contribution in [0.5, 0.6) is 0 Å². The van der Waals surface area contributed by atoms with E-state index in [4.69, 9.17) is 0 Å². The van der Waals surface area contributed by atoms with Gasteiger partial charge in [0.15, 0.2) is 0 Å². The monoisotopic (exact) mass is 479 g/mol. The van der Waals surface area contributed by atoms with Gasteiger partial charge in [-0.25, -0.2) is 8.42 Å². The molecule has 2 amide bonds. The summed E-state index contributed by atoms with van der Waals surface area (Å²) in [6.07, 6.45) is 0. The van der Waals surface area contributed by atoms with Crippen LogP contribution in [-0.4, -0.2) is 38.2 Å². The molecule has 3 rings (SSSR count). The van der Waals surface area contributed by atoms with Crippen molar-refractivity contribution in [3.8, 4) is 0 Å². The number of aryl methyl sites for hydroxylation is 2. The normalized spacial score (nSPS) is 11.1. The van der Waals surface area contributed by atoms with Crippen LogP contribution in [0.2, 0.25) is 0 Å². The smallest absolute Gasteiger partial charge is 0.262 e. The second kappa shape index (κ2) is 10.5. The Morgan fingerprint density at radius 2 is 1.59 bits per heavy atom. The maximum absolute atomic E-state index is 13.1. The highest BCUT2D eigenvalue weighted by molar-refractivity contribution is 7.92. The molecule has 0 saturated heterocycles. The van der Waals surface area contributed by atoms with Gasteiger partial charge in [0, 0.05) is 24.3 Å². The highest BCUT2D eigenvalue weighted by atomic mass is 32.2. The summed E-state index contributed by atoms with van der Waals surface area (Å²) in [5.41, 5.74) is 2.65. The molecule has 178 valence electrons. The summed E-state index contributed by atoms with van der Waals surface area (Å²) in [4.78, 5) is 27.6. The van der Waals surface area contributed by atoms with Gasteiger partial charge in [0.2, 0.25) is 0 Å². The van der Waals surface area contributed by atoms with E-state index < -0.39 is 15.9 Å². The number of carbonyl (C=O) groups excluding carboxylic acids is 2. The molecule has 0 fully saturated rings. The van der Waals surface area contributed by atoms with E-state index in [1.54, 1.807) is 66.4 Å². The van der Waals surface area contributed by atoms with Gasteiger partial charge in [-0.2, -0.15) is 0 Å². The fourth-order valence-electron chi connectivity index (χ4n) is 3.59. The van der Waals surface area contributed by atoms with Crippen LogP contribution in [0.3, 0.4) is 0 Å². The Hall–Kier alpha value is -3.65. The summed E-state index contributed by atoms with van der Waals surface area (Å²) in [6, 6.07) is 18.3. The predicted molar refractivity (Wildman–Crippen MR) is 135 cm³/mol. The van der Waals surface area contributed by atoms with E-state index in [9.17, 15) is 18.0 Å². The molecule has 2 N–H and O–H groups in total. The molecule has 0 radical (unpaired) electrons. The third-order valence-corrected chi connectivity index (χ3v) is 6.97. The minimum atomic E-state index is -3.91. The molecule has 7 nitrogen and oxygen atoms in total. The lowest BCUT2D eigenvalue weighted by molar-refractivity contribution is 0.0772. The molecule has 0 aliphatic rings. The minimum absolute atomic E-state index is 0.122. The number of amides is 2. The lowest BCUT2D eigenvalue weighted by atomic mass is 10.1. The Kier molecular flexibility index (Phi) is 7.73. The van der Waals surface area contributed by atoms with Gasteiger partial charge >= 0.3 is 0 Å². The van der Waals surface area contributed by atoms with Crippen molar-refractivity contribution in [1.82, 2.24) is 4.90 Å². The van der Waals surface area contributed by atoms with Gasteiger partial charge < -0.3 is 10.2 Å². The van der Waals surface area contributed by atoms with E-state index in [1.807, 2.05) is 26.8 Å². The van der Waals surface area contributed by atoms with Crippen LogP contribution in [0.15, 0.2) is 71.6 Å². The number of nitrogens with one attached hydrogen (secondary N) is 2. The number of benzene rings is 3. The van der Waals surface area contributed by atoms with E-state index in [1.165, 1.54) is 6.07 Å². The topological polar surface area (TPSA) is 95.6 Å². The number of rotatable bonds is 8. The lowest BCUT2D eigenvalue weighted by Crippen LogP contribution is -2.30. The van der Waals surface area contributed by atoms with Gasteiger partial charge in [-0.05, 0) is 75.2 Å². The van der Waals surface area contributed by atoms with Crippen molar-refractivity contribution in [2.45, 2.75) is 32.6 Å². The first-order chi connectivity index (χ1) is 16.2. The van der Waals surface area contributed by atoms with Gasteiger partial charge in [0.05, 0.1) is 16.1 Å². The fraction of sp³-hybridized carbons (Fsp3) is 0.231. The molecule has 0 atom stereocenters. The Labute approximate surface area is 200 Å². The first-order valence-electron chi connectivity index (χ1n) is 11.1. The summed E-state index contributed by atoms with van der Waals surface area (Å²) >= 11 is 0. The van der Waals surface area contributed by atoms with Crippen molar-refractivity contribution >= 4 is 33.2 Å². The minimum Gasteiger partial charge on any atom is -0.339 e. The number of anilines is 2. The molecule has 0 bridgehead atoms. The second-order valence-electron chi connectivity index (χ2n) is 7.93. The summed E-state index contributed by atoms with van der Waals surface area (Å²) in [6.45, 7) is 8.52. The molecule has 0 saturated carbocycles. The molecule has 3 aromatic carbocycles. The highest BCUT2D eigenvalue weighted by Crippen LogP contribution is 2.24. The van der Waals surface area contributed by atoms with Crippen LogP contribution in [0.1, 0.15) is 45.7 Å². The number of hydrogen-bond acceptors (Lipinski definition) is 4. The summed E-state index contributed by atoms with van der Waals surface area (Å²) in [5.74, 6) is -0.616. The molecule has 0 aliphatic carbocycles. The molecule has 34 heavy (non-hydrogen) atoms. The van der Waals surface area contributed by atoms with Crippen molar-refractivity contribution in [1.29, 1.82) is 0 Å². The van der Waals surface area contributed by atoms with Crippen LogP contribution >= 0.6 is 0 Å². The average Bonchev–Trinajstić information content (AvgIpc) is 2.81. The largest absolute Gasteiger partial charge is 0.339 e. The molecular formula is C26H29N3O4S. The molecule has 8 heteroatoms. The van der Waals surface area contributed by atoms with Crippen molar-refractivity contribution in [2.75, 3.05) is 23.1 Å². The van der Waals surface area contributed by atoms with Crippen LogP contribution in [0.25, 0.3) is 0 Å². The fourth-order valence-corrected chi connectivity index (χ4v) is 5.00. The quantitative estimate of drug-likeness (QED) is 0.483. The number of carbonyl (C=O) groups is 2. The summed E-state index contributed by atoms with van der Waals surface area (Å²) in [7, 11) is -3.91. The van der Waals surface area contributed by atoms with Gasteiger partial charge in [-0.3, -0.25) is 14.3 Å². The number of hydrogen-bond donors (Lipinski definition) is 2. The van der Waals surface area contributed by atoms with Gasteiger partial charge in [0.1, 0.15) is 0 Å². The van der Waals surface area contributed by atoms with Crippen LogP contribution in [0, 0.1) is 13.8 Å². The van der Waals surface area contributed by atoms with Crippen LogP contribution < -0.4 is 10.0 Å². The second-order valence-corrected chi connectivity index (χ2v) is 9.58. The SMILES string of the molecule is CCN(CC)C(=O)c1cccc(NC(=O)c2ccccc2NS(=O)(=O)c2cc(C)ccc2C)c1. The maximum atomic E-state index is 13.1. The van der Waals surface area contributed by atoms with Crippen molar-refractivity contribution in [3.05, 3.63) is 89.0 Å². The van der Waals surface area contributed by atoms with Crippen LogP contribution in [-0.2, 0) is 10.0 Å². The maximum Gasteiger partial charge on any atom is 0.262 e. The molecule has 0 unspecified atom stereocenters. The van der Waals surface area contributed by atoms with E-state index in [2.05, 4.69) is 10.0 Å². The Balaban J connectivity index is 1.86. The predicted octanol–water partition coefficient (Wildman–Crippen LogP) is 4.84. The van der Waals surface area contributed by atoms with Crippen LogP contribution in [0.4, 0.5) is 11.4 Å². The van der Waals surface area contributed by atoms with E-state index in [0.29, 0.717) is 29.9 Å². The van der Waals surface area contributed by atoms with Crippen molar-refractivity contribution in [2.24, 2.45) is 0 Å². The molecular weight excluding hydrogens is 450 g/mol. The molecule has 0 aromatic heterocycles. The van der Waals surface area contributed by atoms with E-state index in [-0.39, 0.29) is 22.1 Å². The lowest BCUT2D eigenvalue weighted by Gasteiger charge is -2.19. The molecule has 3 aromatic rings. The third kappa shape index (κ3) is 5.63. The number of sulfonamides is 1. The third-order valence-electron chi connectivity index (χ3n) is 5.47. The van der Waals surface area contributed by atoms with E-state index in [0.717, 1.165) is 5.56 Å².